The summed E-state index contributed by atoms with van der Waals surface area (Å²) in [7, 11) is 1.95. The van der Waals surface area contributed by atoms with Gasteiger partial charge in [-0.2, -0.15) is 5.10 Å². The van der Waals surface area contributed by atoms with Crippen LogP contribution in [0.15, 0.2) is 28.9 Å². The number of rotatable bonds is 4. The Hall–Kier alpha value is -0.110. The zero-order valence-corrected chi connectivity index (χ0v) is 16.0. The van der Waals surface area contributed by atoms with Crippen LogP contribution in [0.2, 0.25) is 5.02 Å². The maximum absolute atomic E-state index is 6.25. The molecule has 6 heteroatoms. The Kier molecular flexibility index (Phi) is 5.50. The second-order valence-corrected chi connectivity index (χ2v) is 7.24. The number of hydrogen-bond acceptors (Lipinski definition) is 2. The number of halogens is 3. The van der Waals surface area contributed by atoms with Gasteiger partial charge in [-0.05, 0) is 77.1 Å². The van der Waals surface area contributed by atoms with Crippen molar-refractivity contribution in [3.8, 4) is 0 Å². The van der Waals surface area contributed by atoms with Crippen LogP contribution in [0, 0.1) is 3.57 Å². The largest absolute Gasteiger partial charge is 0.308 e. The topological polar surface area (TPSA) is 29.9 Å². The summed E-state index contributed by atoms with van der Waals surface area (Å²) in [5.74, 6) is 0. The molecule has 0 aliphatic carbocycles. The first-order chi connectivity index (χ1) is 9.45. The summed E-state index contributed by atoms with van der Waals surface area (Å²) in [5.41, 5.74) is 2.24. The Morgan fingerprint density at radius 3 is 2.65 bits per heavy atom. The molecular weight excluding hydrogens is 452 g/mol. The first-order valence-corrected chi connectivity index (χ1v) is 8.55. The van der Waals surface area contributed by atoms with E-state index in [1.54, 1.807) is 0 Å². The monoisotopic (exact) mass is 467 g/mol. The molecule has 3 nitrogen and oxygen atoms in total. The lowest BCUT2D eigenvalue weighted by atomic mass is 10.0. The van der Waals surface area contributed by atoms with Crippen LogP contribution >= 0.6 is 50.1 Å². The highest BCUT2D eigenvalue weighted by atomic mass is 127. The van der Waals surface area contributed by atoms with Crippen LogP contribution in [0.4, 0.5) is 0 Å². The predicted octanol–water partition coefficient (Wildman–Crippen LogP) is 4.79. The summed E-state index contributed by atoms with van der Waals surface area (Å²) >= 11 is 12.1. The SMILES string of the molecule is CNC(c1ccc(I)c(Cl)c1)c1c(Br)cnn1C(C)C. The molecule has 2 aromatic rings. The van der Waals surface area contributed by atoms with E-state index in [0.29, 0.717) is 6.04 Å². The van der Waals surface area contributed by atoms with E-state index in [1.807, 2.05) is 30.1 Å². The molecular formula is C14H16BrClIN3. The van der Waals surface area contributed by atoms with Gasteiger partial charge in [-0.25, -0.2) is 0 Å². The van der Waals surface area contributed by atoms with Crippen LogP contribution in [0.5, 0.6) is 0 Å². The lowest BCUT2D eigenvalue weighted by Crippen LogP contribution is -2.23. The van der Waals surface area contributed by atoms with Crippen molar-refractivity contribution < 1.29 is 0 Å². The highest BCUT2D eigenvalue weighted by Gasteiger charge is 2.22. The number of nitrogens with one attached hydrogen (secondary N) is 1. The van der Waals surface area contributed by atoms with Crippen LogP contribution in [0.3, 0.4) is 0 Å². The van der Waals surface area contributed by atoms with Crippen molar-refractivity contribution in [2.24, 2.45) is 0 Å². The van der Waals surface area contributed by atoms with Crippen LogP contribution in [-0.4, -0.2) is 16.8 Å². The molecule has 0 spiro atoms. The molecule has 0 saturated heterocycles. The molecule has 1 unspecified atom stereocenters. The molecule has 0 aliphatic heterocycles. The summed E-state index contributed by atoms with van der Waals surface area (Å²) in [6.07, 6.45) is 1.84. The molecule has 0 radical (unpaired) electrons. The highest BCUT2D eigenvalue weighted by molar-refractivity contribution is 14.1. The van der Waals surface area contributed by atoms with Gasteiger partial charge in [0.1, 0.15) is 0 Å². The Bertz CT molecular complexity index is 612. The summed E-state index contributed by atoms with van der Waals surface area (Å²) < 4.78 is 4.08. The fourth-order valence-corrected chi connectivity index (χ4v) is 3.21. The van der Waals surface area contributed by atoms with E-state index in [4.69, 9.17) is 11.6 Å². The van der Waals surface area contributed by atoms with Gasteiger partial charge in [-0.15, -0.1) is 0 Å². The highest BCUT2D eigenvalue weighted by Crippen LogP contribution is 2.32. The summed E-state index contributed by atoms with van der Waals surface area (Å²) in [6.45, 7) is 4.24. The fourth-order valence-electron chi connectivity index (χ4n) is 2.19. The molecule has 0 bridgehead atoms. The minimum Gasteiger partial charge on any atom is -0.308 e. The fraction of sp³-hybridized carbons (Fsp3) is 0.357. The van der Waals surface area contributed by atoms with Gasteiger partial charge < -0.3 is 5.32 Å². The van der Waals surface area contributed by atoms with E-state index >= 15 is 0 Å². The Morgan fingerprint density at radius 2 is 2.10 bits per heavy atom. The lowest BCUT2D eigenvalue weighted by Gasteiger charge is -2.21. The Morgan fingerprint density at radius 1 is 1.40 bits per heavy atom. The quantitative estimate of drug-likeness (QED) is 0.654. The molecule has 0 aliphatic rings. The van der Waals surface area contributed by atoms with Crippen LogP contribution < -0.4 is 5.32 Å². The van der Waals surface area contributed by atoms with E-state index in [0.717, 1.165) is 24.3 Å². The van der Waals surface area contributed by atoms with Gasteiger partial charge in [-0.3, -0.25) is 4.68 Å². The van der Waals surface area contributed by atoms with Gasteiger partial charge in [0.2, 0.25) is 0 Å². The number of nitrogens with zero attached hydrogens (tertiary/aromatic N) is 2. The molecule has 1 heterocycles. The molecule has 0 fully saturated rings. The minimum absolute atomic E-state index is 0.0452. The second kappa shape index (κ2) is 6.77. The maximum Gasteiger partial charge on any atom is 0.0758 e. The van der Waals surface area contributed by atoms with Crippen molar-refractivity contribution in [2.75, 3.05) is 7.05 Å². The zero-order chi connectivity index (χ0) is 14.9. The van der Waals surface area contributed by atoms with E-state index < -0.39 is 0 Å². The van der Waals surface area contributed by atoms with Crippen LogP contribution in [0.25, 0.3) is 0 Å². The molecule has 1 atom stereocenters. The molecule has 2 rings (SSSR count). The molecule has 20 heavy (non-hydrogen) atoms. The van der Waals surface area contributed by atoms with Gasteiger partial charge in [0.15, 0.2) is 0 Å². The van der Waals surface area contributed by atoms with Crippen molar-refractivity contribution in [2.45, 2.75) is 25.9 Å². The molecule has 108 valence electrons. The third-order valence-corrected chi connectivity index (χ3v) is 5.30. The average molecular weight is 469 g/mol. The zero-order valence-electron chi connectivity index (χ0n) is 11.5. The number of aromatic nitrogens is 2. The summed E-state index contributed by atoms with van der Waals surface area (Å²) in [4.78, 5) is 0. The number of benzene rings is 1. The molecule has 0 amide bonds. The number of hydrogen-bond donors (Lipinski definition) is 1. The predicted molar refractivity (Wildman–Crippen MR) is 95.4 cm³/mol. The van der Waals surface area contributed by atoms with Crippen LogP contribution in [0.1, 0.15) is 37.2 Å². The van der Waals surface area contributed by atoms with Gasteiger partial charge in [0.25, 0.3) is 0 Å². The minimum atomic E-state index is 0.0452. The normalized spacial score (nSPS) is 12.9. The van der Waals surface area contributed by atoms with Crippen molar-refractivity contribution in [1.29, 1.82) is 0 Å². The Balaban J connectivity index is 2.52. The van der Waals surface area contributed by atoms with E-state index in [2.05, 4.69) is 68.9 Å². The van der Waals surface area contributed by atoms with Crippen molar-refractivity contribution in [3.05, 3.63) is 48.7 Å². The smallest absolute Gasteiger partial charge is 0.0758 e. The van der Waals surface area contributed by atoms with E-state index in [-0.39, 0.29) is 6.04 Å². The van der Waals surface area contributed by atoms with Gasteiger partial charge in [0.05, 0.1) is 27.4 Å². The molecule has 1 N–H and O–H groups in total. The lowest BCUT2D eigenvalue weighted by molar-refractivity contribution is 0.483. The maximum atomic E-state index is 6.25. The van der Waals surface area contributed by atoms with E-state index in [9.17, 15) is 0 Å². The van der Waals surface area contributed by atoms with Crippen LogP contribution in [-0.2, 0) is 0 Å². The van der Waals surface area contributed by atoms with Crippen molar-refractivity contribution >= 4 is 50.1 Å². The molecule has 0 saturated carbocycles. The third kappa shape index (κ3) is 3.21. The average Bonchev–Trinajstić information content (AvgIpc) is 2.77. The first kappa shape index (κ1) is 16.3. The molecule has 1 aromatic heterocycles. The standard InChI is InChI=1S/C14H16BrClIN3/c1-8(2)20-14(10(15)7-19-20)13(18-3)9-4-5-12(17)11(16)6-9/h4-8,13,18H,1-3H3. The molecule has 1 aromatic carbocycles. The van der Waals surface area contributed by atoms with Crippen molar-refractivity contribution in [3.63, 3.8) is 0 Å². The van der Waals surface area contributed by atoms with E-state index in [1.165, 1.54) is 0 Å². The Labute approximate surface area is 146 Å². The van der Waals surface area contributed by atoms with Gasteiger partial charge >= 0.3 is 0 Å². The summed E-state index contributed by atoms with van der Waals surface area (Å²) in [6, 6.07) is 6.48. The second-order valence-electron chi connectivity index (χ2n) is 4.81. The van der Waals surface area contributed by atoms with Gasteiger partial charge in [-0.1, -0.05) is 17.7 Å². The van der Waals surface area contributed by atoms with Crippen molar-refractivity contribution in [1.82, 2.24) is 15.1 Å². The summed E-state index contributed by atoms with van der Waals surface area (Å²) in [5, 5.41) is 8.57. The third-order valence-electron chi connectivity index (χ3n) is 3.12. The van der Waals surface area contributed by atoms with Gasteiger partial charge in [0, 0.05) is 9.61 Å². The first-order valence-electron chi connectivity index (χ1n) is 6.30.